The third kappa shape index (κ3) is 4.72. The van der Waals surface area contributed by atoms with E-state index in [-0.39, 0.29) is 24.5 Å². The van der Waals surface area contributed by atoms with Gasteiger partial charge in [-0.15, -0.1) is 0 Å². The molecule has 8 heteroatoms. The Hall–Kier alpha value is -2.64. The fraction of sp³-hybridized carbons (Fsp3) is 0.429. The number of nitro benzene ring substituents is 1. The van der Waals surface area contributed by atoms with Crippen LogP contribution in [-0.2, 0) is 9.47 Å². The molecule has 0 saturated heterocycles. The Balaban J connectivity index is 3.04. The number of nitrogens with zero attached hydrogens (tertiary/aromatic N) is 1. The van der Waals surface area contributed by atoms with Gasteiger partial charge in [0.15, 0.2) is 0 Å². The van der Waals surface area contributed by atoms with Gasteiger partial charge >= 0.3 is 12.1 Å². The molecule has 0 fully saturated rings. The number of nitrogens with one attached hydrogen (secondary N) is 1. The van der Waals surface area contributed by atoms with Crippen molar-refractivity contribution in [1.82, 2.24) is 0 Å². The number of hydrogen-bond acceptors (Lipinski definition) is 6. The van der Waals surface area contributed by atoms with E-state index in [4.69, 9.17) is 9.47 Å². The third-order valence-electron chi connectivity index (χ3n) is 2.69. The van der Waals surface area contributed by atoms with E-state index in [0.717, 1.165) is 6.42 Å². The van der Waals surface area contributed by atoms with E-state index >= 15 is 0 Å². The molecule has 1 N–H and O–H groups in total. The largest absolute Gasteiger partial charge is 0.462 e. The van der Waals surface area contributed by atoms with E-state index in [0.29, 0.717) is 6.42 Å². The van der Waals surface area contributed by atoms with Gasteiger partial charge in [-0.2, -0.15) is 0 Å². The van der Waals surface area contributed by atoms with Crippen LogP contribution in [0.2, 0.25) is 0 Å². The standard InChI is InChI=1S/C14H18N2O6/c1-3-5-9-22-14(18)15-12-10(13(17)21-4-2)7-6-8-11(12)16(19)20/h6-8H,3-5,9H2,1-2H3,(H,15,18). The van der Waals surface area contributed by atoms with Gasteiger partial charge in [-0.3, -0.25) is 15.4 Å². The number of anilines is 1. The fourth-order valence-corrected chi connectivity index (χ4v) is 1.65. The summed E-state index contributed by atoms with van der Waals surface area (Å²) in [6.45, 7) is 3.85. The highest BCUT2D eigenvalue weighted by Crippen LogP contribution is 2.29. The van der Waals surface area contributed by atoms with Gasteiger partial charge in [0.25, 0.3) is 5.69 Å². The number of amides is 1. The molecule has 0 heterocycles. The molecule has 22 heavy (non-hydrogen) atoms. The van der Waals surface area contributed by atoms with Crippen LogP contribution >= 0.6 is 0 Å². The van der Waals surface area contributed by atoms with Gasteiger partial charge in [-0.25, -0.2) is 9.59 Å². The lowest BCUT2D eigenvalue weighted by atomic mass is 10.1. The average Bonchev–Trinajstić information content (AvgIpc) is 2.47. The van der Waals surface area contributed by atoms with Crippen molar-refractivity contribution in [2.75, 3.05) is 18.5 Å². The second-order valence-electron chi connectivity index (χ2n) is 4.29. The maximum atomic E-state index is 11.8. The first-order valence-corrected chi connectivity index (χ1v) is 6.89. The Morgan fingerprint density at radius 3 is 2.59 bits per heavy atom. The number of carbonyl (C=O) groups excluding carboxylic acids is 2. The van der Waals surface area contributed by atoms with Crippen LogP contribution in [0.15, 0.2) is 18.2 Å². The van der Waals surface area contributed by atoms with Crippen molar-refractivity contribution in [3.8, 4) is 0 Å². The normalized spacial score (nSPS) is 9.91. The second-order valence-corrected chi connectivity index (χ2v) is 4.29. The van der Waals surface area contributed by atoms with Crippen molar-refractivity contribution in [1.29, 1.82) is 0 Å². The predicted octanol–water partition coefficient (Wildman–Crippen LogP) is 3.12. The van der Waals surface area contributed by atoms with Gasteiger partial charge < -0.3 is 9.47 Å². The number of rotatable bonds is 7. The van der Waals surface area contributed by atoms with E-state index in [1.165, 1.54) is 18.2 Å². The summed E-state index contributed by atoms with van der Waals surface area (Å²) in [6.07, 6.45) is 0.662. The van der Waals surface area contributed by atoms with Crippen LogP contribution in [0.5, 0.6) is 0 Å². The Bertz CT molecular complexity index is 558. The highest BCUT2D eigenvalue weighted by molar-refractivity contribution is 6.02. The Labute approximate surface area is 127 Å². The number of ether oxygens (including phenoxy) is 2. The SMILES string of the molecule is CCCCOC(=O)Nc1c(C(=O)OCC)cccc1[N+](=O)[O-]. The Morgan fingerprint density at radius 1 is 1.27 bits per heavy atom. The van der Waals surface area contributed by atoms with Gasteiger partial charge in [-0.05, 0) is 19.4 Å². The summed E-state index contributed by atoms with van der Waals surface area (Å²) in [7, 11) is 0. The zero-order valence-corrected chi connectivity index (χ0v) is 12.5. The van der Waals surface area contributed by atoms with Crippen LogP contribution < -0.4 is 5.32 Å². The van der Waals surface area contributed by atoms with Crippen LogP contribution in [0, 0.1) is 10.1 Å². The van der Waals surface area contributed by atoms with Crippen molar-refractivity contribution in [2.45, 2.75) is 26.7 Å². The number of esters is 1. The van der Waals surface area contributed by atoms with E-state index in [2.05, 4.69) is 5.32 Å². The van der Waals surface area contributed by atoms with Gasteiger partial charge in [0, 0.05) is 6.07 Å². The number of unbranched alkanes of at least 4 members (excludes halogenated alkanes) is 1. The van der Waals surface area contributed by atoms with E-state index in [9.17, 15) is 19.7 Å². The van der Waals surface area contributed by atoms with Gasteiger partial charge in [-0.1, -0.05) is 19.4 Å². The molecule has 0 spiro atoms. The summed E-state index contributed by atoms with van der Waals surface area (Å²) in [5.74, 6) is -0.755. The minimum atomic E-state index is -0.853. The molecule has 0 bridgehead atoms. The van der Waals surface area contributed by atoms with Crippen LogP contribution in [0.4, 0.5) is 16.2 Å². The molecule has 0 aromatic heterocycles. The van der Waals surface area contributed by atoms with Crippen LogP contribution in [-0.4, -0.2) is 30.2 Å². The molecule has 0 saturated carbocycles. The number of carbonyl (C=O) groups is 2. The Kier molecular flexibility index (Phi) is 6.81. The summed E-state index contributed by atoms with van der Waals surface area (Å²) in [5, 5.41) is 13.3. The maximum Gasteiger partial charge on any atom is 0.411 e. The van der Waals surface area contributed by atoms with Crippen molar-refractivity contribution in [3.63, 3.8) is 0 Å². The summed E-state index contributed by atoms with van der Waals surface area (Å²) < 4.78 is 9.72. The summed E-state index contributed by atoms with van der Waals surface area (Å²) in [5.41, 5.74) is -0.728. The highest BCUT2D eigenvalue weighted by Gasteiger charge is 2.24. The number of nitro groups is 1. The number of hydrogen-bond donors (Lipinski definition) is 1. The van der Waals surface area contributed by atoms with E-state index in [1.807, 2.05) is 6.92 Å². The van der Waals surface area contributed by atoms with Crippen molar-refractivity contribution in [2.24, 2.45) is 0 Å². The van der Waals surface area contributed by atoms with E-state index in [1.54, 1.807) is 6.92 Å². The molecule has 0 unspecified atom stereocenters. The first kappa shape index (κ1) is 17.4. The number of benzene rings is 1. The molecule has 8 nitrogen and oxygen atoms in total. The molecule has 1 rings (SSSR count). The summed E-state index contributed by atoms with van der Waals surface area (Å²) in [4.78, 5) is 33.9. The lowest BCUT2D eigenvalue weighted by Gasteiger charge is -2.11. The van der Waals surface area contributed by atoms with Crippen LogP contribution in [0.3, 0.4) is 0 Å². The second kappa shape index (κ2) is 8.60. The smallest absolute Gasteiger partial charge is 0.411 e. The van der Waals surface area contributed by atoms with Gasteiger partial charge in [0.2, 0.25) is 0 Å². The first-order valence-electron chi connectivity index (χ1n) is 6.89. The lowest BCUT2D eigenvalue weighted by molar-refractivity contribution is -0.384. The predicted molar refractivity (Wildman–Crippen MR) is 78.9 cm³/mol. The molecule has 0 radical (unpaired) electrons. The monoisotopic (exact) mass is 310 g/mol. The van der Waals surface area contributed by atoms with E-state index < -0.39 is 22.7 Å². The minimum Gasteiger partial charge on any atom is -0.462 e. The topological polar surface area (TPSA) is 108 Å². The average molecular weight is 310 g/mol. The molecule has 0 aliphatic heterocycles. The molecule has 1 amide bonds. The molecular weight excluding hydrogens is 292 g/mol. The van der Waals surface area contributed by atoms with Crippen molar-refractivity contribution in [3.05, 3.63) is 33.9 Å². The summed E-state index contributed by atoms with van der Waals surface area (Å²) in [6, 6.07) is 3.87. The van der Waals surface area contributed by atoms with Crippen LogP contribution in [0.25, 0.3) is 0 Å². The lowest BCUT2D eigenvalue weighted by Crippen LogP contribution is -2.18. The quantitative estimate of drug-likeness (QED) is 0.359. The zero-order valence-electron chi connectivity index (χ0n) is 12.5. The van der Waals surface area contributed by atoms with Crippen molar-refractivity contribution < 1.29 is 24.0 Å². The van der Waals surface area contributed by atoms with Gasteiger partial charge in [0.05, 0.1) is 23.7 Å². The molecule has 0 aliphatic rings. The molecular formula is C14H18N2O6. The van der Waals surface area contributed by atoms with Gasteiger partial charge in [0.1, 0.15) is 5.69 Å². The molecule has 0 aliphatic carbocycles. The number of para-hydroxylation sites is 1. The minimum absolute atomic E-state index is 0.0940. The third-order valence-corrected chi connectivity index (χ3v) is 2.69. The maximum absolute atomic E-state index is 11.8. The Morgan fingerprint density at radius 2 is 2.00 bits per heavy atom. The van der Waals surface area contributed by atoms with Crippen LogP contribution in [0.1, 0.15) is 37.0 Å². The van der Waals surface area contributed by atoms with Crippen molar-refractivity contribution >= 4 is 23.4 Å². The zero-order chi connectivity index (χ0) is 16.5. The molecule has 120 valence electrons. The highest BCUT2D eigenvalue weighted by atomic mass is 16.6. The molecule has 0 atom stereocenters. The molecule has 1 aromatic rings. The summed E-state index contributed by atoms with van der Waals surface area (Å²) >= 11 is 0. The molecule has 1 aromatic carbocycles. The fourth-order valence-electron chi connectivity index (χ4n) is 1.65. The first-order chi connectivity index (χ1) is 10.5.